The minimum atomic E-state index is -0.514. The van der Waals surface area contributed by atoms with Crippen molar-refractivity contribution in [2.45, 2.75) is 45.1 Å². The SMILES string of the molecule is COC(=O)c1nn(C)c(N)c1C1CCN(C(=O)OC(C)(C)C)CC1. The normalized spacial score (nSPS) is 16.1. The number of piperidine rings is 1. The number of aryl methyl sites for hydroxylation is 1. The molecule has 2 N–H and O–H groups in total. The molecule has 1 aliphatic heterocycles. The average molecular weight is 338 g/mol. The maximum atomic E-state index is 12.1. The number of nitrogens with two attached hydrogens (primary N) is 1. The first-order valence-electron chi connectivity index (χ1n) is 8.02. The predicted octanol–water partition coefficient (Wildman–Crippen LogP) is 1.90. The van der Waals surface area contributed by atoms with E-state index < -0.39 is 11.6 Å². The number of nitrogens with zero attached hydrogens (tertiary/aromatic N) is 3. The van der Waals surface area contributed by atoms with Gasteiger partial charge in [-0.2, -0.15) is 5.10 Å². The molecule has 1 aromatic heterocycles. The number of anilines is 1. The Bertz CT molecular complexity index is 625. The first-order valence-corrected chi connectivity index (χ1v) is 8.02. The Morgan fingerprint density at radius 3 is 2.33 bits per heavy atom. The molecule has 1 aliphatic rings. The van der Waals surface area contributed by atoms with Gasteiger partial charge in [0.25, 0.3) is 0 Å². The van der Waals surface area contributed by atoms with Crippen LogP contribution in [0.1, 0.15) is 55.6 Å². The number of rotatable bonds is 2. The van der Waals surface area contributed by atoms with Gasteiger partial charge in [0, 0.05) is 25.7 Å². The predicted molar refractivity (Wildman–Crippen MR) is 88.7 cm³/mol. The second kappa shape index (κ2) is 6.70. The summed E-state index contributed by atoms with van der Waals surface area (Å²) in [6.45, 7) is 6.63. The lowest BCUT2D eigenvalue weighted by Gasteiger charge is -2.33. The lowest BCUT2D eigenvalue weighted by molar-refractivity contribution is 0.0204. The number of methoxy groups -OCH3 is 1. The number of carbonyl (C=O) groups is 2. The number of amides is 1. The summed E-state index contributed by atoms with van der Waals surface area (Å²) in [5, 5.41) is 4.17. The van der Waals surface area contributed by atoms with Gasteiger partial charge in [-0.05, 0) is 39.5 Å². The Hall–Kier alpha value is -2.25. The molecule has 0 spiro atoms. The summed E-state index contributed by atoms with van der Waals surface area (Å²) in [7, 11) is 3.02. The zero-order valence-electron chi connectivity index (χ0n) is 15.0. The van der Waals surface area contributed by atoms with E-state index in [1.54, 1.807) is 11.9 Å². The molecule has 134 valence electrons. The Labute approximate surface area is 141 Å². The van der Waals surface area contributed by atoms with Crippen LogP contribution in [-0.2, 0) is 16.5 Å². The fraction of sp³-hybridized carbons (Fsp3) is 0.688. The van der Waals surface area contributed by atoms with Crippen molar-refractivity contribution in [3.8, 4) is 0 Å². The first kappa shape index (κ1) is 18.1. The number of aromatic nitrogens is 2. The zero-order valence-corrected chi connectivity index (χ0v) is 15.0. The first-order chi connectivity index (χ1) is 11.1. The summed E-state index contributed by atoms with van der Waals surface area (Å²) in [6, 6.07) is 0. The molecule has 0 aliphatic carbocycles. The van der Waals surface area contributed by atoms with Crippen molar-refractivity contribution < 1.29 is 19.1 Å². The third-order valence-corrected chi connectivity index (χ3v) is 4.06. The molecule has 2 heterocycles. The number of ether oxygens (including phenoxy) is 2. The topological polar surface area (TPSA) is 99.7 Å². The molecular weight excluding hydrogens is 312 g/mol. The molecule has 8 nitrogen and oxygen atoms in total. The molecule has 0 aromatic carbocycles. The van der Waals surface area contributed by atoms with Crippen LogP contribution in [0.2, 0.25) is 0 Å². The van der Waals surface area contributed by atoms with E-state index in [1.165, 1.54) is 11.8 Å². The fourth-order valence-electron chi connectivity index (χ4n) is 2.88. The number of nitrogen functional groups attached to an aromatic ring is 1. The fourth-order valence-corrected chi connectivity index (χ4v) is 2.88. The van der Waals surface area contributed by atoms with Crippen molar-refractivity contribution in [2.24, 2.45) is 7.05 Å². The third-order valence-electron chi connectivity index (χ3n) is 4.06. The molecule has 0 radical (unpaired) electrons. The Balaban J connectivity index is 2.10. The van der Waals surface area contributed by atoms with Crippen LogP contribution in [0.5, 0.6) is 0 Å². The van der Waals surface area contributed by atoms with Gasteiger partial charge in [-0.3, -0.25) is 4.68 Å². The van der Waals surface area contributed by atoms with Gasteiger partial charge in [0.1, 0.15) is 11.4 Å². The van der Waals surface area contributed by atoms with Gasteiger partial charge in [0.2, 0.25) is 0 Å². The van der Waals surface area contributed by atoms with Gasteiger partial charge in [0.15, 0.2) is 5.69 Å². The van der Waals surface area contributed by atoms with Crippen LogP contribution >= 0.6 is 0 Å². The maximum Gasteiger partial charge on any atom is 0.410 e. The largest absolute Gasteiger partial charge is 0.464 e. The third kappa shape index (κ3) is 3.80. The smallest absolute Gasteiger partial charge is 0.410 e. The minimum Gasteiger partial charge on any atom is -0.464 e. The highest BCUT2D eigenvalue weighted by molar-refractivity contribution is 5.90. The molecule has 1 amide bonds. The van der Waals surface area contributed by atoms with Gasteiger partial charge in [-0.1, -0.05) is 0 Å². The number of carbonyl (C=O) groups excluding carboxylic acids is 2. The van der Waals surface area contributed by atoms with Gasteiger partial charge < -0.3 is 20.1 Å². The Morgan fingerprint density at radius 2 is 1.83 bits per heavy atom. The number of hydrogen-bond donors (Lipinski definition) is 1. The van der Waals surface area contributed by atoms with Crippen LogP contribution in [0.15, 0.2) is 0 Å². The molecule has 8 heteroatoms. The molecule has 24 heavy (non-hydrogen) atoms. The minimum absolute atomic E-state index is 0.0616. The molecule has 2 rings (SSSR count). The summed E-state index contributed by atoms with van der Waals surface area (Å²) in [6.07, 6.45) is 1.08. The average Bonchev–Trinajstić information content (AvgIpc) is 2.80. The van der Waals surface area contributed by atoms with Crippen molar-refractivity contribution in [1.29, 1.82) is 0 Å². The number of esters is 1. The maximum absolute atomic E-state index is 12.1. The molecule has 1 saturated heterocycles. The van der Waals surface area contributed by atoms with Gasteiger partial charge in [0.05, 0.1) is 7.11 Å². The molecule has 1 fully saturated rings. The highest BCUT2D eigenvalue weighted by Crippen LogP contribution is 2.34. The summed E-state index contributed by atoms with van der Waals surface area (Å²) < 4.78 is 11.7. The summed E-state index contributed by atoms with van der Waals surface area (Å²) in [5.74, 6) is 0.0319. The molecule has 0 bridgehead atoms. The quantitative estimate of drug-likeness (QED) is 0.827. The highest BCUT2D eigenvalue weighted by atomic mass is 16.6. The van der Waals surface area contributed by atoms with E-state index in [2.05, 4.69) is 5.10 Å². The summed E-state index contributed by atoms with van der Waals surface area (Å²) >= 11 is 0. The second-order valence-corrected chi connectivity index (χ2v) is 7.00. The molecular formula is C16H26N4O4. The molecule has 0 unspecified atom stereocenters. The summed E-state index contributed by atoms with van der Waals surface area (Å²) in [4.78, 5) is 25.8. The monoisotopic (exact) mass is 338 g/mol. The lowest BCUT2D eigenvalue weighted by atomic mass is 9.89. The van der Waals surface area contributed by atoms with Crippen LogP contribution in [-0.4, -0.2) is 52.5 Å². The van der Waals surface area contributed by atoms with Gasteiger partial charge >= 0.3 is 12.1 Å². The van der Waals surface area contributed by atoms with Gasteiger partial charge in [-0.15, -0.1) is 0 Å². The van der Waals surface area contributed by atoms with E-state index in [0.717, 1.165) is 0 Å². The van der Waals surface area contributed by atoms with Crippen LogP contribution in [0.25, 0.3) is 0 Å². The van der Waals surface area contributed by atoms with Crippen LogP contribution < -0.4 is 5.73 Å². The van der Waals surface area contributed by atoms with Crippen molar-refractivity contribution in [1.82, 2.24) is 14.7 Å². The highest BCUT2D eigenvalue weighted by Gasteiger charge is 2.32. The van der Waals surface area contributed by atoms with E-state index >= 15 is 0 Å². The van der Waals surface area contributed by atoms with Crippen LogP contribution in [0, 0.1) is 0 Å². The molecule has 0 saturated carbocycles. The van der Waals surface area contributed by atoms with E-state index in [-0.39, 0.29) is 17.7 Å². The van der Waals surface area contributed by atoms with Crippen molar-refractivity contribution in [2.75, 3.05) is 25.9 Å². The number of likely N-dealkylation sites (tertiary alicyclic amines) is 1. The van der Waals surface area contributed by atoms with E-state index in [0.29, 0.717) is 37.3 Å². The molecule has 1 aromatic rings. The van der Waals surface area contributed by atoms with E-state index in [4.69, 9.17) is 15.2 Å². The van der Waals surface area contributed by atoms with Gasteiger partial charge in [-0.25, -0.2) is 9.59 Å². The summed E-state index contributed by atoms with van der Waals surface area (Å²) in [5.41, 5.74) is 6.55. The van der Waals surface area contributed by atoms with E-state index in [9.17, 15) is 9.59 Å². The van der Waals surface area contributed by atoms with Crippen molar-refractivity contribution in [3.63, 3.8) is 0 Å². The van der Waals surface area contributed by atoms with Crippen molar-refractivity contribution >= 4 is 17.9 Å². The number of hydrogen-bond acceptors (Lipinski definition) is 6. The zero-order chi connectivity index (χ0) is 18.1. The van der Waals surface area contributed by atoms with Crippen LogP contribution in [0.4, 0.5) is 10.6 Å². The molecule has 0 atom stereocenters. The Kier molecular flexibility index (Phi) is 5.05. The lowest BCUT2D eigenvalue weighted by Crippen LogP contribution is -2.41. The van der Waals surface area contributed by atoms with Crippen LogP contribution in [0.3, 0.4) is 0 Å². The van der Waals surface area contributed by atoms with E-state index in [1.807, 2.05) is 20.8 Å². The Morgan fingerprint density at radius 1 is 1.25 bits per heavy atom. The van der Waals surface area contributed by atoms with Crippen molar-refractivity contribution in [3.05, 3.63) is 11.3 Å². The standard InChI is InChI=1S/C16H26N4O4/c1-16(2,3)24-15(22)20-8-6-10(7-9-20)11-12(14(21)23-5)18-19(4)13(11)17/h10H,6-9,17H2,1-5H3. The second-order valence-electron chi connectivity index (χ2n) is 7.00.